The van der Waals surface area contributed by atoms with Crippen molar-refractivity contribution < 1.29 is 0 Å². The largest absolute Gasteiger partial charge is 0.393 e. The first-order valence-electron chi connectivity index (χ1n) is 4.13. The number of hydrogen-bond acceptors (Lipinski definition) is 2. The van der Waals surface area contributed by atoms with Crippen molar-refractivity contribution in [2.45, 2.75) is 26.2 Å². The lowest BCUT2D eigenvalue weighted by Crippen LogP contribution is -2.21. The standard InChI is InChI=1S/C8H18N2S/c1-3-6-10(2)7-4-5-8(9)11/h3-7H2,1-2H3,(H2,9,11). The minimum Gasteiger partial charge on any atom is -0.393 e. The lowest BCUT2D eigenvalue weighted by Gasteiger charge is -2.14. The summed E-state index contributed by atoms with van der Waals surface area (Å²) in [5, 5.41) is 0. The van der Waals surface area contributed by atoms with E-state index in [1.165, 1.54) is 6.42 Å². The molecule has 2 N–H and O–H groups in total. The second-order valence-electron chi connectivity index (χ2n) is 2.87. The predicted molar refractivity (Wildman–Crippen MR) is 53.8 cm³/mol. The van der Waals surface area contributed by atoms with Gasteiger partial charge in [-0.1, -0.05) is 19.1 Å². The van der Waals surface area contributed by atoms with Crippen LogP contribution in [-0.4, -0.2) is 30.0 Å². The van der Waals surface area contributed by atoms with Crippen molar-refractivity contribution in [3.8, 4) is 0 Å². The summed E-state index contributed by atoms with van der Waals surface area (Å²) in [5.41, 5.74) is 5.37. The van der Waals surface area contributed by atoms with Crippen LogP contribution in [0.5, 0.6) is 0 Å². The Kier molecular flexibility index (Phi) is 6.46. The molecule has 2 nitrogen and oxygen atoms in total. The van der Waals surface area contributed by atoms with Gasteiger partial charge in [0.2, 0.25) is 0 Å². The third-order valence-electron chi connectivity index (χ3n) is 1.57. The van der Waals surface area contributed by atoms with Gasteiger partial charge in [0.25, 0.3) is 0 Å². The third-order valence-corrected chi connectivity index (χ3v) is 1.77. The normalized spacial score (nSPS) is 10.5. The number of thiocarbonyl (C=S) groups is 1. The van der Waals surface area contributed by atoms with Crippen molar-refractivity contribution in [3.63, 3.8) is 0 Å². The summed E-state index contributed by atoms with van der Waals surface area (Å²) in [6.07, 6.45) is 3.18. The zero-order valence-electron chi connectivity index (χ0n) is 7.47. The summed E-state index contributed by atoms with van der Waals surface area (Å²) < 4.78 is 0. The molecule has 0 atom stereocenters. The lowest BCUT2D eigenvalue weighted by atomic mass is 10.3. The van der Waals surface area contributed by atoms with Crippen LogP contribution in [0.3, 0.4) is 0 Å². The molecule has 0 aliphatic heterocycles. The average Bonchev–Trinajstić information content (AvgIpc) is 1.87. The molecule has 0 aromatic carbocycles. The Morgan fingerprint density at radius 3 is 2.55 bits per heavy atom. The predicted octanol–water partition coefficient (Wildman–Crippen LogP) is 1.39. The van der Waals surface area contributed by atoms with Gasteiger partial charge >= 0.3 is 0 Å². The topological polar surface area (TPSA) is 29.3 Å². The molecule has 0 radical (unpaired) electrons. The molecule has 0 spiro atoms. The van der Waals surface area contributed by atoms with Crippen molar-refractivity contribution in [1.29, 1.82) is 0 Å². The summed E-state index contributed by atoms with van der Waals surface area (Å²) in [6, 6.07) is 0. The smallest absolute Gasteiger partial charge is 0.0727 e. The van der Waals surface area contributed by atoms with Gasteiger partial charge in [0, 0.05) is 0 Å². The maximum absolute atomic E-state index is 5.37. The lowest BCUT2D eigenvalue weighted by molar-refractivity contribution is 0.332. The van der Waals surface area contributed by atoms with E-state index in [2.05, 4.69) is 18.9 Å². The molecule has 3 heteroatoms. The van der Waals surface area contributed by atoms with Crippen LogP contribution in [0.2, 0.25) is 0 Å². The zero-order chi connectivity index (χ0) is 8.69. The van der Waals surface area contributed by atoms with Crippen LogP contribution in [0.25, 0.3) is 0 Å². The van der Waals surface area contributed by atoms with E-state index in [0.717, 1.165) is 25.9 Å². The molecule has 0 saturated carbocycles. The molecule has 0 aromatic rings. The van der Waals surface area contributed by atoms with Crippen LogP contribution < -0.4 is 5.73 Å². The van der Waals surface area contributed by atoms with Gasteiger partial charge in [-0.25, -0.2) is 0 Å². The first kappa shape index (κ1) is 10.8. The molecule has 0 amide bonds. The Morgan fingerprint density at radius 1 is 1.45 bits per heavy atom. The Bertz CT molecular complexity index is 115. The molecule has 0 aliphatic carbocycles. The van der Waals surface area contributed by atoms with Gasteiger partial charge < -0.3 is 10.6 Å². The van der Waals surface area contributed by atoms with Gasteiger partial charge in [-0.3, -0.25) is 0 Å². The minimum atomic E-state index is 0.634. The Labute approximate surface area is 74.8 Å². The highest BCUT2D eigenvalue weighted by Gasteiger charge is 1.96. The second-order valence-corrected chi connectivity index (χ2v) is 3.40. The fourth-order valence-corrected chi connectivity index (χ4v) is 1.16. The molecular formula is C8H18N2S. The highest BCUT2D eigenvalue weighted by atomic mass is 32.1. The highest BCUT2D eigenvalue weighted by Crippen LogP contribution is 1.93. The monoisotopic (exact) mass is 174 g/mol. The van der Waals surface area contributed by atoms with Gasteiger partial charge in [0.1, 0.15) is 0 Å². The van der Waals surface area contributed by atoms with E-state index in [0.29, 0.717) is 4.99 Å². The summed E-state index contributed by atoms with van der Waals surface area (Å²) in [5.74, 6) is 0. The molecule has 0 heterocycles. The fraction of sp³-hybridized carbons (Fsp3) is 0.875. The molecule has 11 heavy (non-hydrogen) atoms. The van der Waals surface area contributed by atoms with E-state index in [1.807, 2.05) is 0 Å². The van der Waals surface area contributed by atoms with Crippen LogP contribution in [0.4, 0.5) is 0 Å². The fourth-order valence-electron chi connectivity index (χ4n) is 1.02. The van der Waals surface area contributed by atoms with Crippen LogP contribution >= 0.6 is 12.2 Å². The first-order chi connectivity index (χ1) is 5.16. The molecule has 0 aromatic heterocycles. The molecule has 0 unspecified atom stereocenters. The highest BCUT2D eigenvalue weighted by molar-refractivity contribution is 7.80. The van der Waals surface area contributed by atoms with Crippen molar-refractivity contribution in [2.24, 2.45) is 5.73 Å². The Morgan fingerprint density at radius 2 is 2.09 bits per heavy atom. The Balaban J connectivity index is 3.16. The number of nitrogens with two attached hydrogens (primary N) is 1. The van der Waals surface area contributed by atoms with Crippen LogP contribution in [0.1, 0.15) is 26.2 Å². The molecule has 0 rings (SSSR count). The zero-order valence-corrected chi connectivity index (χ0v) is 8.28. The first-order valence-corrected chi connectivity index (χ1v) is 4.54. The molecule has 0 saturated heterocycles. The summed E-state index contributed by atoms with van der Waals surface area (Å²) >= 11 is 4.77. The van der Waals surface area contributed by atoms with E-state index in [1.54, 1.807) is 0 Å². The van der Waals surface area contributed by atoms with Crippen LogP contribution in [-0.2, 0) is 0 Å². The Hall–Kier alpha value is -0.150. The number of hydrogen-bond donors (Lipinski definition) is 1. The average molecular weight is 174 g/mol. The van der Waals surface area contributed by atoms with Crippen LogP contribution in [0, 0.1) is 0 Å². The summed E-state index contributed by atoms with van der Waals surface area (Å²) in [4.78, 5) is 2.94. The minimum absolute atomic E-state index is 0.634. The quantitative estimate of drug-likeness (QED) is 0.617. The van der Waals surface area contributed by atoms with E-state index < -0.39 is 0 Å². The van der Waals surface area contributed by atoms with Crippen molar-refractivity contribution >= 4 is 17.2 Å². The SMILES string of the molecule is CCCN(C)CCCC(N)=S. The van der Waals surface area contributed by atoms with Gasteiger partial charge in [0.05, 0.1) is 4.99 Å². The van der Waals surface area contributed by atoms with E-state index >= 15 is 0 Å². The van der Waals surface area contributed by atoms with Gasteiger partial charge in [-0.05, 0) is 39.4 Å². The van der Waals surface area contributed by atoms with E-state index in [9.17, 15) is 0 Å². The molecule has 0 fully saturated rings. The third kappa shape index (κ3) is 7.75. The van der Waals surface area contributed by atoms with Crippen LogP contribution in [0.15, 0.2) is 0 Å². The van der Waals surface area contributed by atoms with Gasteiger partial charge in [-0.15, -0.1) is 0 Å². The number of nitrogens with zero attached hydrogens (tertiary/aromatic N) is 1. The summed E-state index contributed by atoms with van der Waals surface area (Å²) in [6.45, 7) is 4.45. The molecular weight excluding hydrogens is 156 g/mol. The molecule has 66 valence electrons. The van der Waals surface area contributed by atoms with E-state index in [4.69, 9.17) is 18.0 Å². The van der Waals surface area contributed by atoms with Crippen molar-refractivity contribution in [3.05, 3.63) is 0 Å². The van der Waals surface area contributed by atoms with Crippen molar-refractivity contribution in [2.75, 3.05) is 20.1 Å². The number of rotatable bonds is 6. The van der Waals surface area contributed by atoms with Gasteiger partial charge in [-0.2, -0.15) is 0 Å². The van der Waals surface area contributed by atoms with E-state index in [-0.39, 0.29) is 0 Å². The van der Waals surface area contributed by atoms with Crippen molar-refractivity contribution in [1.82, 2.24) is 4.90 Å². The maximum atomic E-state index is 5.37. The summed E-state index contributed by atoms with van der Waals surface area (Å²) in [7, 11) is 2.13. The molecule has 0 aliphatic rings. The maximum Gasteiger partial charge on any atom is 0.0727 e. The molecule has 0 bridgehead atoms. The van der Waals surface area contributed by atoms with Gasteiger partial charge in [0.15, 0.2) is 0 Å². The second kappa shape index (κ2) is 6.55.